The molecule has 2 N–H and O–H groups in total. The predicted octanol–water partition coefficient (Wildman–Crippen LogP) is 1.88. The number of hydrogen-bond acceptors (Lipinski definition) is 5. The third kappa shape index (κ3) is 3.69. The van der Waals surface area contributed by atoms with E-state index in [1.165, 1.54) is 25.3 Å². The molecule has 0 saturated carbocycles. The van der Waals surface area contributed by atoms with Crippen molar-refractivity contribution in [3.05, 3.63) is 33.9 Å². The fourth-order valence-electron chi connectivity index (χ4n) is 1.98. The molecule has 0 aliphatic carbocycles. The summed E-state index contributed by atoms with van der Waals surface area (Å²) in [4.78, 5) is 22.6. The highest BCUT2D eigenvalue weighted by molar-refractivity contribution is 5.95. The average Bonchev–Trinajstić information content (AvgIpc) is 2.51. The van der Waals surface area contributed by atoms with E-state index in [4.69, 9.17) is 4.74 Å². The van der Waals surface area contributed by atoms with Crippen molar-refractivity contribution in [1.29, 1.82) is 0 Å². The molecule has 1 amide bonds. The lowest BCUT2D eigenvalue weighted by molar-refractivity contribution is -0.385. The Labute approximate surface area is 123 Å². The van der Waals surface area contributed by atoms with Gasteiger partial charge in [-0.05, 0) is 25.0 Å². The van der Waals surface area contributed by atoms with Crippen molar-refractivity contribution in [2.75, 3.05) is 13.7 Å². The molecule has 0 heterocycles. The number of carbonyl (C=O) groups is 1. The molecular formula is C14H20N2O5. The Balaban J connectivity index is 3.08. The summed E-state index contributed by atoms with van der Waals surface area (Å²) in [6.07, 6.45) is 1.12. The van der Waals surface area contributed by atoms with Crippen molar-refractivity contribution in [2.24, 2.45) is 0 Å². The highest BCUT2D eigenvalue weighted by Gasteiger charge is 2.28. The molecule has 1 rings (SSSR count). The van der Waals surface area contributed by atoms with E-state index >= 15 is 0 Å². The number of nitro benzene ring substituents is 1. The normalized spacial score (nSPS) is 11.0. The highest BCUT2D eigenvalue weighted by atomic mass is 16.6. The predicted molar refractivity (Wildman–Crippen MR) is 77.5 cm³/mol. The second kappa shape index (κ2) is 7.03. The van der Waals surface area contributed by atoms with Gasteiger partial charge in [-0.1, -0.05) is 13.8 Å². The van der Waals surface area contributed by atoms with Gasteiger partial charge >= 0.3 is 5.69 Å². The molecule has 0 radical (unpaired) electrons. The maximum Gasteiger partial charge on any atom is 0.311 e. The van der Waals surface area contributed by atoms with Crippen LogP contribution in [0.3, 0.4) is 0 Å². The van der Waals surface area contributed by atoms with Crippen molar-refractivity contribution >= 4 is 11.6 Å². The number of amides is 1. The van der Waals surface area contributed by atoms with E-state index in [0.717, 1.165) is 0 Å². The second-order valence-corrected chi connectivity index (χ2v) is 4.74. The van der Waals surface area contributed by atoms with Crippen LogP contribution < -0.4 is 10.1 Å². The van der Waals surface area contributed by atoms with Crippen molar-refractivity contribution in [1.82, 2.24) is 5.32 Å². The number of methoxy groups -OCH3 is 1. The molecule has 0 atom stereocenters. The van der Waals surface area contributed by atoms with Crippen molar-refractivity contribution < 1.29 is 19.6 Å². The van der Waals surface area contributed by atoms with Gasteiger partial charge in [0.1, 0.15) is 0 Å². The molecule has 0 aliphatic heterocycles. The number of rotatable bonds is 7. The van der Waals surface area contributed by atoms with E-state index in [2.05, 4.69) is 5.32 Å². The lowest BCUT2D eigenvalue weighted by Gasteiger charge is -2.30. The van der Waals surface area contributed by atoms with Crippen molar-refractivity contribution in [3.8, 4) is 5.75 Å². The number of ether oxygens (including phenoxy) is 1. The molecule has 1 aromatic rings. The van der Waals surface area contributed by atoms with Crippen LogP contribution in [0.5, 0.6) is 5.75 Å². The summed E-state index contributed by atoms with van der Waals surface area (Å²) in [5.41, 5.74) is -0.832. The van der Waals surface area contributed by atoms with E-state index in [9.17, 15) is 20.0 Å². The molecule has 116 valence electrons. The van der Waals surface area contributed by atoms with E-state index in [-0.39, 0.29) is 23.6 Å². The molecule has 7 nitrogen and oxygen atoms in total. The number of nitrogens with zero attached hydrogens (tertiary/aromatic N) is 1. The smallest absolute Gasteiger partial charge is 0.311 e. The van der Waals surface area contributed by atoms with E-state index < -0.39 is 16.4 Å². The zero-order valence-electron chi connectivity index (χ0n) is 12.4. The summed E-state index contributed by atoms with van der Waals surface area (Å²) in [6, 6.07) is 4.00. The number of carbonyl (C=O) groups excluding carboxylic acids is 1. The van der Waals surface area contributed by atoms with Crippen LogP contribution in [0.25, 0.3) is 0 Å². The Hall–Kier alpha value is -2.15. The van der Waals surface area contributed by atoms with Gasteiger partial charge in [-0.15, -0.1) is 0 Å². The Kier molecular flexibility index (Phi) is 5.66. The largest absolute Gasteiger partial charge is 0.490 e. The van der Waals surface area contributed by atoms with Crippen molar-refractivity contribution in [2.45, 2.75) is 32.2 Å². The van der Waals surface area contributed by atoms with Crippen LogP contribution in [0.1, 0.15) is 37.0 Å². The van der Waals surface area contributed by atoms with Crippen LogP contribution in [0.15, 0.2) is 18.2 Å². The van der Waals surface area contributed by atoms with Gasteiger partial charge < -0.3 is 15.2 Å². The molecule has 0 fully saturated rings. The molecule has 0 aromatic heterocycles. The van der Waals surface area contributed by atoms with Crippen LogP contribution in [-0.4, -0.2) is 35.2 Å². The zero-order chi connectivity index (χ0) is 16.0. The summed E-state index contributed by atoms with van der Waals surface area (Å²) in [5.74, 6) is -0.366. The monoisotopic (exact) mass is 296 g/mol. The Morgan fingerprint density at radius 2 is 2.05 bits per heavy atom. The summed E-state index contributed by atoms with van der Waals surface area (Å²) in [6.45, 7) is 3.52. The molecule has 7 heteroatoms. The third-order valence-corrected chi connectivity index (χ3v) is 3.67. The lowest BCUT2D eigenvalue weighted by Crippen LogP contribution is -2.50. The number of aliphatic hydroxyl groups excluding tert-OH is 1. The Bertz CT molecular complexity index is 518. The van der Waals surface area contributed by atoms with Gasteiger partial charge in [0, 0.05) is 11.6 Å². The standard InChI is InChI=1S/C14H20N2O5/c1-4-14(5-2,9-17)15-13(18)10-6-7-12(21-3)11(8-10)16(19)20/h6-8,17H,4-5,9H2,1-3H3,(H,15,18). The first kappa shape index (κ1) is 16.9. The summed E-state index contributed by atoms with van der Waals surface area (Å²) >= 11 is 0. The van der Waals surface area contributed by atoms with Gasteiger partial charge in [0.15, 0.2) is 5.75 Å². The molecule has 0 unspecified atom stereocenters. The van der Waals surface area contributed by atoms with Crippen molar-refractivity contribution in [3.63, 3.8) is 0 Å². The van der Waals surface area contributed by atoms with Gasteiger partial charge in [0.2, 0.25) is 0 Å². The fraction of sp³-hybridized carbons (Fsp3) is 0.500. The SMILES string of the molecule is CCC(CC)(CO)NC(=O)c1ccc(OC)c([N+](=O)[O-])c1. The van der Waals surface area contributed by atoms with E-state index in [1.54, 1.807) is 0 Å². The van der Waals surface area contributed by atoms with E-state index in [1.807, 2.05) is 13.8 Å². The van der Waals surface area contributed by atoms with Crippen LogP contribution >= 0.6 is 0 Å². The number of benzene rings is 1. The molecule has 0 aliphatic rings. The summed E-state index contributed by atoms with van der Waals surface area (Å²) in [7, 11) is 1.33. The Morgan fingerprint density at radius 1 is 1.43 bits per heavy atom. The molecule has 0 spiro atoms. The molecule has 21 heavy (non-hydrogen) atoms. The first-order chi connectivity index (χ1) is 9.92. The second-order valence-electron chi connectivity index (χ2n) is 4.74. The highest BCUT2D eigenvalue weighted by Crippen LogP contribution is 2.27. The van der Waals surface area contributed by atoms with Gasteiger partial charge in [0.25, 0.3) is 5.91 Å². The van der Waals surface area contributed by atoms with Gasteiger partial charge in [0.05, 0.1) is 24.2 Å². The quantitative estimate of drug-likeness (QED) is 0.591. The first-order valence-electron chi connectivity index (χ1n) is 6.68. The van der Waals surface area contributed by atoms with Crippen LogP contribution in [0, 0.1) is 10.1 Å². The Morgan fingerprint density at radius 3 is 2.48 bits per heavy atom. The molecular weight excluding hydrogens is 276 g/mol. The summed E-state index contributed by atoms with van der Waals surface area (Å²) < 4.78 is 4.89. The number of hydrogen-bond donors (Lipinski definition) is 2. The first-order valence-corrected chi connectivity index (χ1v) is 6.68. The van der Waals surface area contributed by atoms with Crippen LogP contribution in [0.2, 0.25) is 0 Å². The molecule has 1 aromatic carbocycles. The number of aliphatic hydroxyl groups is 1. The fourth-order valence-corrected chi connectivity index (χ4v) is 1.98. The van der Waals surface area contributed by atoms with Gasteiger partial charge in [-0.2, -0.15) is 0 Å². The maximum absolute atomic E-state index is 12.2. The molecule has 0 saturated heterocycles. The number of nitrogens with one attached hydrogen (secondary N) is 1. The topological polar surface area (TPSA) is 102 Å². The van der Waals surface area contributed by atoms with E-state index in [0.29, 0.717) is 12.8 Å². The summed E-state index contributed by atoms with van der Waals surface area (Å²) in [5, 5.41) is 23.2. The molecule has 0 bridgehead atoms. The number of nitro groups is 1. The minimum absolute atomic E-state index is 0.0935. The van der Waals surface area contributed by atoms with Gasteiger partial charge in [-0.3, -0.25) is 14.9 Å². The zero-order valence-corrected chi connectivity index (χ0v) is 12.4. The average molecular weight is 296 g/mol. The van der Waals surface area contributed by atoms with Crippen LogP contribution in [0.4, 0.5) is 5.69 Å². The third-order valence-electron chi connectivity index (χ3n) is 3.67. The minimum atomic E-state index is -0.716. The van der Waals surface area contributed by atoms with Gasteiger partial charge in [-0.25, -0.2) is 0 Å². The minimum Gasteiger partial charge on any atom is -0.490 e. The lowest BCUT2D eigenvalue weighted by atomic mass is 9.93. The maximum atomic E-state index is 12.2. The van der Waals surface area contributed by atoms with Crippen LogP contribution in [-0.2, 0) is 0 Å².